The van der Waals surface area contributed by atoms with Crippen molar-refractivity contribution in [2.45, 2.75) is 76.5 Å². The third-order valence-corrected chi connectivity index (χ3v) is 11.0. The standard InChI is InChI=1S/C38H42FN7O3/c1-21-30-13-9-24-18-32(45(35(24)42-30)14-6-4-5-7-22-15-26(39)10-12-28(22)37(47)41-21)36-43-31-17-25(19-33(49-3)34(31)44(36)2)38(48)46-20-29(40)23-8-11-27(46)16-23/h9-10,12-13,15,17-19,21,23,27,29H,4-8,11,14,16,20,40H2,1-3H3,(H,41,47)/t21-,23-,27+,29+/m1/s1. The number of fused-ring (bicyclic) bond motifs is 5. The Balaban J connectivity index is 1.18. The van der Waals surface area contributed by atoms with Crippen LogP contribution in [0, 0.1) is 11.7 Å². The minimum atomic E-state index is -0.370. The molecule has 2 aliphatic heterocycles. The fourth-order valence-corrected chi connectivity index (χ4v) is 8.32. The van der Waals surface area contributed by atoms with E-state index in [4.69, 9.17) is 20.4 Å². The minimum absolute atomic E-state index is 0.00622. The number of amides is 2. The number of benzene rings is 2. The first-order valence-electron chi connectivity index (χ1n) is 17.4. The van der Waals surface area contributed by atoms with Crippen molar-refractivity contribution in [3.8, 4) is 17.3 Å². The molecule has 3 aromatic heterocycles. The molecule has 0 spiro atoms. The predicted molar refractivity (Wildman–Crippen MR) is 186 cm³/mol. The fraction of sp³-hybridized carbons (Fsp3) is 0.421. The summed E-state index contributed by atoms with van der Waals surface area (Å²) < 4.78 is 24.3. The second-order valence-electron chi connectivity index (χ2n) is 14.0. The lowest BCUT2D eigenvalue weighted by Crippen LogP contribution is -2.51. The van der Waals surface area contributed by atoms with Gasteiger partial charge in [0.05, 0.1) is 30.1 Å². The number of rotatable bonds is 3. The maximum Gasteiger partial charge on any atom is 0.254 e. The van der Waals surface area contributed by atoms with Gasteiger partial charge < -0.3 is 29.8 Å². The molecule has 3 aliphatic rings. The Hall–Kier alpha value is -4.77. The average molecular weight is 664 g/mol. The zero-order valence-electron chi connectivity index (χ0n) is 28.2. The average Bonchev–Trinajstić information content (AvgIpc) is 3.78. The number of nitrogens with one attached hydrogen (secondary N) is 1. The molecule has 8 rings (SSSR count). The van der Waals surface area contributed by atoms with Crippen LogP contribution in [0.3, 0.4) is 0 Å². The van der Waals surface area contributed by atoms with Crippen LogP contribution in [0.2, 0.25) is 0 Å². The van der Waals surface area contributed by atoms with Crippen LogP contribution in [0.1, 0.15) is 83.5 Å². The molecule has 2 aromatic carbocycles. The van der Waals surface area contributed by atoms with Crippen LogP contribution < -0.4 is 15.8 Å². The number of carbonyl (C=O) groups is 2. The molecule has 254 valence electrons. The Morgan fingerprint density at radius 2 is 1.92 bits per heavy atom. The highest BCUT2D eigenvalue weighted by atomic mass is 19.1. The number of ether oxygens (including phenoxy) is 1. The second-order valence-corrected chi connectivity index (χ2v) is 14.0. The van der Waals surface area contributed by atoms with E-state index >= 15 is 0 Å². The summed E-state index contributed by atoms with van der Waals surface area (Å²) in [5.74, 6) is 1.22. The summed E-state index contributed by atoms with van der Waals surface area (Å²) >= 11 is 0. The summed E-state index contributed by atoms with van der Waals surface area (Å²) in [5, 5.41) is 4.05. The van der Waals surface area contributed by atoms with Crippen LogP contribution >= 0.6 is 0 Å². The molecule has 2 fully saturated rings. The molecule has 5 aromatic rings. The number of aromatic nitrogens is 4. The van der Waals surface area contributed by atoms with Gasteiger partial charge in [0.15, 0.2) is 5.82 Å². The van der Waals surface area contributed by atoms with E-state index in [1.54, 1.807) is 13.2 Å². The first kappa shape index (κ1) is 31.5. The summed E-state index contributed by atoms with van der Waals surface area (Å²) in [6, 6.07) is 14.0. The predicted octanol–water partition coefficient (Wildman–Crippen LogP) is 5.91. The molecule has 4 bridgehead atoms. The van der Waals surface area contributed by atoms with Crippen molar-refractivity contribution < 1.29 is 18.7 Å². The molecule has 0 radical (unpaired) electrons. The number of nitrogens with two attached hydrogens (primary N) is 1. The molecule has 49 heavy (non-hydrogen) atoms. The van der Waals surface area contributed by atoms with Gasteiger partial charge in [-0.1, -0.05) is 6.42 Å². The Morgan fingerprint density at radius 3 is 2.76 bits per heavy atom. The van der Waals surface area contributed by atoms with Gasteiger partial charge in [-0.05, 0) is 105 Å². The zero-order chi connectivity index (χ0) is 34.0. The van der Waals surface area contributed by atoms with E-state index in [1.807, 2.05) is 47.7 Å². The lowest BCUT2D eigenvalue weighted by atomic mass is 9.94. The highest BCUT2D eigenvalue weighted by Gasteiger charge is 2.41. The molecule has 10 nitrogen and oxygen atoms in total. The smallest absolute Gasteiger partial charge is 0.254 e. The summed E-state index contributed by atoms with van der Waals surface area (Å²) in [5.41, 5.74) is 12.2. The van der Waals surface area contributed by atoms with Gasteiger partial charge in [-0.25, -0.2) is 14.4 Å². The number of carbonyl (C=O) groups excluding carboxylic acids is 2. The van der Waals surface area contributed by atoms with Gasteiger partial charge in [0.1, 0.15) is 22.7 Å². The molecular formula is C38H42FN7O3. The van der Waals surface area contributed by atoms with Crippen molar-refractivity contribution in [3.63, 3.8) is 0 Å². The van der Waals surface area contributed by atoms with Gasteiger partial charge in [-0.3, -0.25) is 9.59 Å². The van der Waals surface area contributed by atoms with Crippen molar-refractivity contribution in [2.75, 3.05) is 13.7 Å². The van der Waals surface area contributed by atoms with Crippen LogP contribution in [0.25, 0.3) is 33.6 Å². The van der Waals surface area contributed by atoms with Gasteiger partial charge in [0.2, 0.25) is 0 Å². The SMILES string of the molecule is COc1cc(C(=O)N2C[C@H](N)[C@@H]3CC[C@H]2C3)cc2nc(-c3cc4ccc5nc4n3CCCCCc3cc(F)ccc3C(=O)N[C@@H]5C)n(C)c12. The van der Waals surface area contributed by atoms with Crippen LogP contribution in [-0.2, 0) is 20.0 Å². The van der Waals surface area contributed by atoms with Crippen molar-refractivity contribution in [1.82, 2.24) is 29.3 Å². The minimum Gasteiger partial charge on any atom is -0.494 e. The second kappa shape index (κ2) is 12.3. The number of hydrogen-bond donors (Lipinski definition) is 2. The number of pyridine rings is 1. The maximum atomic E-state index is 14.2. The van der Waals surface area contributed by atoms with Gasteiger partial charge in [-0.15, -0.1) is 0 Å². The quantitative estimate of drug-likeness (QED) is 0.248. The molecule has 4 atom stereocenters. The largest absolute Gasteiger partial charge is 0.494 e. The number of hydrogen-bond acceptors (Lipinski definition) is 6. The van der Waals surface area contributed by atoms with Gasteiger partial charge in [0.25, 0.3) is 11.8 Å². The molecule has 3 N–H and O–H groups in total. The maximum absolute atomic E-state index is 14.2. The van der Waals surface area contributed by atoms with Crippen molar-refractivity contribution in [3.05, 3.63) is 76.7 Å². The van der Waals surface area contributed by atoms with E-state index in [0.29, 0.717) is 47.8 Å². The monoisotopic (exact) mass is 663 g/mol. The molecule has 5 heterocycles. The number of halogens is 1. The molecule has 0 unspecified atom stereocenters. The fourth-order valence-electron chi connectivity index (χ4n) is 8.32. The van der Waals surface area contributed by atoms with E-state index in [9.17, 15) is 14.0 Å². The third kappa shape index (κ3) is 5.44. The molecule has 2 amide bonds. The highest BCUT2D eigenvalue weighted by Crippen LogP contribution is 2.39. The van der Waals surface area contributed by atoms with E-state index in [2.05, 4.69) is 16.0 Å². The van der Waals surface area contributed by atoms with Crippen molar-refractivity contribution in [2.24, 2.45) is 18.7 Å². The molecule has 1 aliphatic carbocycles. The van der Waals surface area contributed by atoms with Crippen LogP contribution in [0.4, 0.5) is 4.39 Å². The Labute approximate surface area is 284 Å². The van der Waals surface area contributed by atoms with E-state index in [0.717, 1.165) is 77.9 Å². The van der Waals surface area contributed by atoms with Crippen LogP contribution in [0.15, 0.2) is 48.5 Å². The van der Waals surface area contributed by atoms with Gasteiger partial charge in [-0.2, -0.15) is 0 Å². The third-order valence-electron chi connectivity index (χ3n) is 11.0. The van der Waals surface area contributed by atoms with E-state index in [-0.39, 0.29) is 35.8 Å². The zero-order valence-corrected chi connectivity index (χ0v) is 28.2. The van der Waals surface area contributed by atoms with Crippen LogP contribution in [-0.4, -0.2) is 61.6 Å². The Morgan fingerprint density at radius 1 is 1.06 bits per heavy atom. The summed E-state index contributed by atoms with van der Waals surface area (Å²) in [7, 11) is 3.59. The Kier molecular flexibility index (Phi) is 7.89. The van der Waals surface area contributed by atoms with Gasteiger partial charge >= 0.3 is 0 Å². The Bertz CT molecular complexity index is 2120. The first-order chi connectivity index (χ1) is 23.7. The van der Waals surface area contributed by atoms with Gasteiger partial charge in [0, 0.05) is 48.7 Å². The summed E-state index contributed by atoms with van der Waals surface area (Å²) in [4.78, 5) is 39.4. The summed E-state index contributed by atoms with van der Waals surface area (Å²) in [6.07, 6.45) is 6.22. The molecule has 11 heteroatoms. The van der Waals surface area contributed by atoms with Crippen LogP contribution in [0.5, 0.6) is 5.75 Å². The number of nitrogens with zero attached hydrogens (tertiary/aromatic N) is 5. The molecule has 1 saturated heterocycles. The van der Waals surface area contributed by atoms with Crippen molar-refractivity contribution in [1.29, 1.82) is 0 Å². The van der Waals surface area contributed by atoms with E-state index in [1.165, 1.54) is 12.1 Å². The summed E-state index contributed by atoms with van der Waals surface area (Å²) in [6.45, 7) is 3.19. The lowest BCUT2D eigenvalue weighted by molar-refractivity contribution is 0.0603. The normalized spacial score (nSPS) is 22.7. The number of piperidine rings is 1. The highest BCUT2D eigenvalue weighted by molar-refractivity contribution is 6.00. The lowest BCUT2D eigenvalue weighted by Gasteiger charge is -2.37. The first-order valence-corrected chi connectivity index (χ1v) is 17.4. The topological polar surface area (TPSA) is 120 Å². The number of likely N-dealkylation sites (tertiary alicyclic amines) is 1. The number of imidazole rings is 1. The number of aryl methyl sites for hydroxylation is 3. The number of methoxy groups -OCH3 is 1. The van der Waals surface area contributed by atoms with Crippen molar-refractivity contribution >= 4 is 33.9 Å². The molecular weight excluding hydrogens is 621 g/mol. The van der Waals surface area contributed by atoms with E-state index < -0.39 is 0 Å². The molecule has 1 saturated carbocycles.